The van der Waals surface area contributed by atoms with Gasteiger partial charge in [-0.15, -0.1) is 0 Å². The maximum Gasteiger partial charge on any atom is 0.326 e. The average molecular weight is 278 g/mol. The molecule has 0 amide bonds. The maximum absolute atomic E-state index is 11.5. The van der Waals surface area contributed by atoms with Crippen molar-refractivity contribution in [3.8, 4) is 0 Å². The molecule has 6 heteroatoms. The normalized spacial score (nSPS) is 22.6. The van der Waals surface area contributed by atoms with Gasteiger partial charge in [0.05, 0.1) is 4.92 Å². The maximum atomic E-state index is 11.5. The third-order valence-corrected chi connectivity index (χ3v) is 3.82. The van der Waals surface area contributed by atoms with E-state index in [-0.39, 0.29) is 11.6 Å². The first-order valence-corrected chi connectivity index (χ1v) is 6.66. The summed E-state index contributed by atoms with van der Waals surface area (Å²) in [4.78, 5) is 23.9. The fraction of sp³-hybridized carbons (Fsp3) is 0.500. The summed E-state index contributed by atoms with van der Waals surface area (Å²) in [6.07, 6.45) is 1.67. The molecule has 1 saturated heterocycles. The molecule has 0 bridgehead atoms. The van der Waals surface area contributed by atoms with Crippen LogP contribution < -0.4 is 4.90 Å². The number of piperidine rings is 1. The lowest BCUT2D eigenvalue weighted by molar-refractivity contribution is -0.384. The Morgan fingerprint density at radius 1 is 1.50 bits per heavy atom. The van der Waals surface area contributed by atoms with Crippen LogP contribution in [0.4, 0.5) is 11.4 Å². The van der Waals surface area contributed by atoms with Gasteiger partial charge in [-0.3, -0.25) is 10.1 Å². The van der Waals surface area contributed by atoms with Crippen molar-refractivity contribution in [1.29, 1.82) is 0 Å². The second-order valence-electron chi connectivity index (χ2n) is 5.35. The molecule has 20 heavy (non-hydrogen) atoms. The largest absolute Gasteiger partial charge is 0.480 e. The molecule has 1 N–H and O–H groups in total. The molecule has 2 atom stereocenters. The zero-order valence-electron chi connectivity index (χ0n) is 11.6. The molecule has 1 aliphatic rings. The first-order chi connectivity index (χ1) is 9.41. The summed E-state index contributed by atoms with van der Waals surface area (Å²) < 4.78 is 0. The van der Waals surface area contributed by atoms with Crippen LogP contribution in [-0.2, 0) is 4.79 Å². The third-order valence-electron chi connectivity index (χ3n) is 3.82. The van der Waals surface area contributed by atoms with Gasteiger partial charge in [-0.05, 0) is 37.3 Å². The van der Waals surface area contributed by atoms with Gasteiger partial charge in [0, 0.05) is 12.6 Å². The summed E-state index contributed by atoms with van der Waals surface area (Å²) >= 11 is 0. The number of benzene rings is 1. The highest BCUT2D eigenvalue weighted by Crippen LogP contribution is 2.35. The van der Waals surface area contributed by atoms with Crippen LogP contribution in [0.1, 0.15) is 25.3 Å². The highest BCUT2D eigenvalue weighted by Gasteiger charge is 2.37. The van der Waals surface area contributed by atoms with Crippen molar-refractivity contribution in [2.75, 3.05) is 11.4 Å². The predicted octanol–water partition coefficient (Wildman–Crippen LogP) is 2.59. The molecular formula is C14H18N2O4. The van der Waals surface area contributed by atoms with E-state index in [0.717, 1.165) is 18.4 Å². The second-order valence-corrected chi connectivity index (χ2v) is 5.35. The predicted molar refractivity (Wildman–Crippen MR) is 75.0 cm³/mol. The lowest BCUT2D eigenvalue weighted by Crippen LogP contribution is -2.49. The van der Waals surface area contributed by atoms with E-state index < -0.39 is 16.9 Å². The van der Waals surface area contributed by atoms with E-state index in [1.165, 1.54) is 6.07 Å². The van der Waals surface area contributed by atoms with E-state index >= 15 is 0 Å². The summed E-state index contributed by atoms with van der Waals surface area (Å²) in [5.41, 5.74) is 1.26. The van der Waals surface area contributed by atoms with Crippen molar-refractivity contribution in [1.82, 2.24) is 0 Å². The third kappa shape index (κ3) is 2.59. The molecule has 2 rings (SSSR count). The number of rotatable bonds is 3. The monoisotopic (exact) mass is 278 g/mol. The average Bonchev–Trinajstić information content (AvgIpc) is 2.37. The van der Waals surface area contributed by atoms with Crippen molar-refractivity contribution in [3.05, 3.63) is 33.9 Å². The Morgan fingerprint density at radius 2 is 2.20 bits per heavy atom. The fourth-order valence-corrected chi connectivity index (χ4v) is 2.85. The minimum Gasteiger partial charge on any atom is -0.480 e. The minimum absolute atomic E-state index is 0.0265. The highest BCUT2D eigenvalue weighted by atomic mass is 16.6. The number of carboxylic acid groups (broad SMARTS) is 1. The van der Waals surface area contributed by atoms with Crippen LogP contribution in [0.3, 0.4) is 0 Å². The number of nitro benzene ring substituents is 1. The zero-order valence-corrected chi connectivity index (χ0v) is 11.6. The van der Waals surface area contributed by atoms with Gasteiger partial charge in [-0.25, -0.2) is 4.79 Å². The second kappa shape index (κ2) is 5.48. The SMILES string of the molecule is Cc1ccc([N+](=O)[O-])c(N2CCCC(C)C2C(=O)O)c1. The number of aliphatic carboxylic acids is 1. The molecule has 1 heterocycles. The van der Waals surface area contributed by atoms with Crippen LogP contribution in [0.25, 0.3) is 0 Å². The van der Waals surface area contributed by atoms with Gasteiger partial charge in [0.25, 0.3) is 5.69 Å². The summed E-state index contributed by atoms with van der Waals surface area (Å²) in [6.45, 7) is 4.26. The molecule has 0 spiro atoms. The van der Waals surface area contributed by atoms with Gasteiger partial charge in [0.15, 0.2) is 0 Å². The fourth-order valence-electron chi connectivity index (χ4n) is 2.85. The van der Waals surface area contributed by atoms with Crippen LogP contribution in [0.5, 0.6) is 0 Å². The number of carboxylic acids is 1. The van der Waals surface area contributed by atoms with Crippen molar-refractivity contribution in [2.24, 2.45) is 5.92 Å². The Bertz CT molecular complexity index is 544. The summed E-state index contributed by atoms with van der Waals surface area (Å²) in [5.74, 6) is -0.950. The number of hydrogen-bond donors (Lipinski definition) is 1. The van der Waals surface area contributed by atoms with E-state index in [9.17, 15) is 20.0 Å². The first kappa shape index (κ1) is 14.3. The van der Waals surface area contributed by atoms with Crippen LogP contribution in [0.2, 0.25) is 0 Å². The quantitative estimate of drug-likeness (QED) is 0.678. The molecule has 1 aromatic carbocycles. The van der Waals surface area contributed by atoms with E-state index in [0.29, 0.717) is 12.2 Å². The number of carbonyl (C=O) groups is 1. The van der Waals surface area contributed by atoms with Gasteiger partial charge in [-0.2, -0.15) is 0 Å². The van der Waals surface area contributed by atoms with Gasteiger partial charge in [-0.1, -0.05) is 13.0 Å². The zero-order chi connectivity index (χ0) is 14.9. The van der Waals surface area contributed by atoms with Crippen molar-refractivity contribution in [2.45, 2.75) is 32.7 Å². The molecule has 1 aromatic rings. The smallest absolute Gasteiger partial charge is 0.326 e. The number of nitrogens with zero attached hydrogens (tertiary/aromatic N) is 2. The highest BCUT2D eigenvalue weighted by molar-refractivity contribution is 5.81. The molecule has 0 aromatic heterocycles. The summed E-state index contributed by atoms with van der Waals surface area (Å²) in [5, 5.41) is 20.6. The standard InChI is InChI=1S/C14H18N2O4/c1-9-5-6-11(16(19)20)12(8-9)15-7-3-4-10(2)13(15)14(17)18/h5-6,8,10,13H,3-4,7H2,1-2H3,(H,17,18). The van der Waals surface area contributed by atoms with E-state index in [2.05, 4.69) is 0 Å². The Balaban J connectivity index is 2.50. The number of aryl methyl sites for hydroxylation is 1. The summed E-state index contributed by atoms with van der Waals surface area (Å²) in [7, 11) is 0. The lowest BCUT2D eigenvalue weighted by Gasteiger charge is -2.38. The minimum atomic E-state index is -0.923. The van der Waals surface area contributed by atoms with E-state index in [1.54, 1.807) is 17.0 Å². The van der Waals surface area contributed by atoms with Crippen LogP contribution >= 0.6 is 0 Å². The molecule has 0 aliphatic carbocycles. The molecule has 1 fully saturated rings. The molecular weight excluding hydrogens is 260 g/mol. The Kier molecular flexibility index (Phi) is 3.92. The number of anilines is 1. The van der Waals surface area contributed by atoms with Crippen LogP contribution in [0, 0.1) is 23.0 Å². The van der Waals surface area contributed by atoms with Gasteiger partial charge >= 0.3 is 5.97 Å². The topological polar surface area (TPSA) is 83.7 Å². The van der Waals surface area contributed by atoms with Crippen molar-refractivity contribution < 1.29 is 14.8 Å². The molecule has 0 radical (unpaired) electrons. The molecule has 0 saturated carbocycles. The number of nitro groups is 1. The lowest BCUT2D eigenvalue weighted by atomic mass is 9.90. The Morgan fingerprint density at radius 3 is 2.80 bits per heavy atom. The molecule has 1 aliphatic heterocycles. The van der Waals surface area contributed by atoms with Crippen molar-refractivity contribution in [3.63, 3.8) is 0 Å². The van der Waals surface area contributed by atoms with Gasteiger partial charge in [0.1, 0.15) is 11.7 Å². The molecule has 2 unspecified atom stereocenters. The van der Waals surface area contributed by atoms with Gasteiger partial charge < -0.3 is 10.0 Å². The van der Waals surface area contributed by atoms with Crippen LogP contribution in [0.15, 0.2) is 18.2 Å². The Labute approximate surface area is 117 Å². The first-order valence-electron chi connectivity index (χ1n) is 6.66. The van der Waals surface area contributed by atoms with E-state index in [1.807, 2.05) is 13.8 Å². The molecule has 6 nitrogen and oxygen atoms in total. The van der Waals surface area contributed by atoms with E-state index in [4.69, 9.17) is 0 Å². The van der Waals surface area contributed by atoms with Crippen LogP contribution in [-0.4, -0.2) is 28.6 Å². The molecule has 108 valence electrons. The van der Waals surface area contributed by atoms with Crippen molar-refractivity contribution >= 4 is 17.3 Å². The Hall–Kier alpha value is -2.11. The summed E-state index contributed by atoms with van der Waals surface area (Å²) in [6, 6.07) is 4.11. The number of hydrogen-bond acceptors (Lipinski definition) is 4. The van der Waals surface area contributed by atoms with Gasteiger partial charge in [0.2, 0.25) is 0 Å².